The van der Waals surface area contributed by atoms with Crippen LogP contribution in [0.25, 0.3) is 22.4 Å². The van der Waals surface area contributed by atoms with Crippen LogP contribution in [0.1, 0.15) is 49.4 Å². The van der Waals surface area contributed by atoms with Crippen LogP contribution in [-0.4, -0.2) is 24.5 Å². The zero-order chi connectivity index (χ0) is 21.8. The molecule has 2 aliphatic carbocycles. The zero-order valence-electron chi connectivity index (χ0n) is 16.9. The fourth-order valence-electron chi connectivity index (χ4n) is 3.69. The summed E-state index contributed by atoms with van der Waals surface area (Å²) in [5, 5.41) is 1.57. The van der Waals surface area contributed by atoms with E-state index in [1.54, 1.807) is 22.9 Å². The Hall–Kier alpha value is -2.91. The van der Waals surface area contributed by atoms with Gasteiger partial charge in [-0.05, 0) is 49.9 Å². The smallest absolute Gasteiger partial charge is 0.330 e. The third-order valence-electron chi connectivity index (χ3n) is 5.64. The Bertz CT molecular complexity index is 1450. The Balaban J connectivity index is 1.36. The van der Waals surface area contributed by atoms with Crippen LogP contribution in [0.3, 0.4) is 0 Å². The first kappa shape index (κ1) is 19.8. The molecule has 0 bridgehead atoms. The molecule has 162 valence electrons. The monoisotopic (exact) mass is 467 g/mol. The highest BCUT2D eigenvalue weighted by Gasteiger charge is 2.32. The summed E-state index contributed by atoms with van der Waals surface area (Å²) in [6.07, 6.45) is 5.55. The largest absolute Gasteiger partial charge is 0.440 e. The average Bonchev–Trinajstić information content (AvgIpc) is 3.71. The number of nitrogens with zero attached hydrogens (tertiary/aromatic N) is 4. The summed E-state index contributed by atoms with van der Waals surface area (Å²) in [6, 6.07) is 7.43. The van der Waals surface area contributed by atoms with Gasteiger partial charge in [0, 0.05) is 22.5 Å². The minimum atomic E-state index is -0.457. The van der Waals surface area contributed by atoms with Crippen LogP contribution in [0.2, 0.25) is 5.02 Å². The van der Waals surface area contributed by atoms with Gasteiger partial charge in [-0.15, -0.1) is 0 Å². The van der Waals surface area contributed by atoms with E-state index in [-0.39, 0.29) is 6.04 Å². The first-order chi connectivity index (χ1) is 15.6. The molecule has 1 N–H and O–H groups in total. The van der Waals surface area contributed by atoms with Crippen molar-refractivity contribution in [2.75, 3.05) is 0 Å². The molecular weight excluding hydrogens is 450 g/mol. The number of aromatic amines is 1. The molecule has 1 aromatic carbocycles. The van der Waals surface area contributed by atoms with E-state index in [2.05, 4.69) is 15.0 Å². The van der Waals surface area contributed by atoms with E-state index in [1.165, 1.54) is 11.8 Å². The van der Waals surface area contributed by atoms with Gasteiger partial charge in [0.2, 0.25) is 5.89 Å². The molecule has 4 aromatic rings. The van der Waals surface area contributed by atoms with Crippen molar-refractivity contribution in [3.05, 3.63) is 68.0 Å². The maximum Gasteiger partial charge on any atom is 0.330 e. The van der Waals surface area contributed by atoms with Gasteiger partial charge in [-0.1, -0.05) is 23.4 Å². The molecule has 0 unspecified atom stereocenters. The molecule has 0 radical (unpaired) electrons. The van der Waals surface area contributed by atoms with E-state index in [9.17, 15) is 9.59 Å². The molecule has 0 aliphatic heterocycles. The van der Waals surface area contributed by atoms with Crippen molar-refractivity contribution in [1.82, 2.24) is 24.5 Å². The second kappa shape index (κ2) is 7.60. The third kappa shape index (κ3) is 3.65. The molecule has 10 heteroatoms. The lowest BCUT2D eigenvalue weighted by Gasteiger charge is -2.11. The third-order valence-corrected chi connectivity index (χ3v) is 6.85. The Labute approximate surface area is 191 Å². The fourth-order valence-corrected chi connectivity index (χ4v) is 4.69. The zero-order valence-corrected chi connectivity index (χ0v) is 18.4. The number of thioether (sulfide) groups is 1. The summed E-state index contributed by atoms with van der Waals surface area (Å²) in [4.78, 5) is 41.4. The lowest BCUT2D eigenvalue weighted by molar-refractivity contribution is 0.530. The fraction of sp³-hybridized carbons (Fsp3) is 0.318. The molecule has 0 saturated heterocycles. The second-order valence-electron chi connectivity index (χ2n) is 8.13. The van der Waals surface area contributed by atoms with Crippen molar-refractivity contribution in [3.63, 3.8) is 0 Å². The Morgan fingerprint density at radius 2 is 1.91 bits per heavy atom. The summed E-state index contributed by atoms with van der Waals surface area (Å²) in [5.74, 6) is 2.55. The molecule has 2 fully saturated rings. The minimum Gasteiger partial charge on any atom is -0.440 e. The van der Waals surface area contributed by atoms with Crippen LogP contribution in [0.15, 0.2) is 49.5 Å². The predicted molar refractivity (Wildman–Crippen MR) is 121 cm³/mol. The quantitative estimate of drug-likeness (QED) is 0.333. The lowest BCUT2D eigenvalue weighted by atomic mass is 10.2. The molecule has 0 spiro atoms. The molecule has 3 aromatic heterocycles. The van der Waals surface area contributed by atoms with Crippen LogP contribution in [0.5, 0.6) is 0 Å². The van der Waals surface area contributed by atoms with Crippen molar-refractivity contribution in [2.45, 2.75) is 48.4 Å². The normalized spacial score (nSPS) is 16.0. The molecule has 0 amide bonds. The number of rotatable bonds is 6. The highest BCUT2D eigenvalue weighted by Crippen LogP contribution is 2.41. The molecule has 8 nitrogen and oxygen atoms in total. The van der Waals surface area contributed by atoms with Crippen molar-refractivity contribution in [3.8, 4) is 11.3 Å². The van der Waals surface area contributed by atoms with Gasteiger partial charge in [-0.3, -0.25) is 14.3 Å². The lowest BCUT2D eigenvalue weighted by Crippen LogP contribution is -2.31. The van der Waals surface area contributed by atoms with Crippen LogP contribution >= 0.6 is 23.4 Å². The number of hydrogen-bond donors (Lipinski definition) is 1. The summed E-state index contributed by atoms with van der Waals surface area (Å²) in [7, 11) is 0. The van der Waals surface area contributed by atoms with Gasteiger partial charge in [0.25, 0.3) is 5.56 Å². The molecular formula is C22H18ClN5O3S. The van der Waals surface area contributed by atoms with Gasteiger partial charge in [-0.2, -0.15) is 0 Å². The number of hydrogen-bond acceptors (Lipinski definition) is 7. The average molecular weight is 468 g/mol. The van der Waals surface area contributed by atoms with Crippen molar-refractivity contribution in [2.24, 2.45) is 0 Å². The van der Waals surface area contributed by atoms with Crippen LogP contribution < -0.4 is 11.2 Å². The standard InChI is InChI=1S/C22H18ClN5O3S/c23-13-5-3-11(4-6-13)15-9-24-16(31-15)10-32-21-17-19(25-18(26-21)12-1-2-12)28(14-7-8-14)22(30)27-20(17)29/h3-6,9,12,14H,1-2,7-8,10H2,(H,27,29,30). The number of aromatic nitrogens is 5. The summed E-state index contributed by atoms with van der Waals surface area (Å²) >= 11 is 7.33. The topological polar surface area (TPSA) is 107 Å². The maximum atomic E-state index is 12.7. The van der Waals surface area contributed by atoms with E-state index in [0.717, 1.165) is 31.2 Å². The van der Waals surface area contributed by atoms with Crippen molar-refractivity contribution in [1.29, 1.82) is 0 Å². The van der Waals surface area contributed by atoms with Crippen LogP contribution in [0.4, 0.5) is 0 Å². The van der Waals surface area contributed by atoms with Crippen molar-refractivity contribution >= 4 is 34.4 Å². The van der Waals surface area contributed by atoms with E-state index in [4.69, 9.17) is 21.0 Å². The second-order valence-corrected chi connectivity index (χ2v) is 9.53. The number of fused-ring (bicyclic) bond motifs is 1. The van der Waals surface area contributed by atoms with E-state index >= 15 is 0 Å². The number of oxazole rings is 1. The number of halogens is 1. The Kier molecular flexibility index (Phi) is 4.69. The summed E-state index contributed by atoms with van der Waals surface area (Å²) < 4.78 is 7.52. The minimum absolute atomic E-state index is 0.0929. The predicted octanol–water partition coefficient (Wildman–Crippen LogP) is 4.29. The van der Waals surface area contributed by atoms with Gasteiger partial charge in [0.1, 0.15) is 16.2 Å². The Morgan fingerprint density at radius 1 is 1.12 bits per heavy atom. The van der Waals surface area contributed by atoms with E-state index in [1.807, 2.05) is 12.1 Å². The maximum absolute atomic E-state index is 12.7. The number of nitrogens with one attached hydrogen (secondary N) is 1. The Morgan fingerprint density at radius 3 is 2.62 bits per heavy atom. The molecule has 32 heavy (non-hydrogen) atoms. The van der Waals surface area contributed by atoms with E-state index < -0.39 is 11.2 Å². The first-order valence-corrected chi connectivity index (χ1v) is 11.8. The van der Waals surface area contributed by atoms with Crippen LogP contribution in [-0.2, 0) is 5.75 Å². The highest BCUT2D eigenvalue weighted by atomic mass is 35.5. The van der Waals surface area contributed by atoms with E-state index in [0.29, 0.717) is 50.2 Å². The van der Waals surface area contributed by atoms with Crippen LogP contribution in [0, 0.1) is 0 Å². The van der Waals surface area contributed by atoms with Crippen molar-refractivity contribution < 1.29 is 4.42 Å². The summed E-state index contributed by atoms with van der Waals surface area (Å²) in [6.45, 7) is 0. The van der Waals surface area contributed by atoms with Gasteiger partial charge >= 0.3 is 5.69 Å². The molecule has 2 aliphatic rings. The molecule has 3 heterocycles. The van der Waals surface area contributed by atoms with Gasteiger partial charge in [-0.25, -0.2) is 19.7 Å². The molecule has 0 atom stereocenters. The van der Waals surface area contributed by atoms with Gasteiger partial charge in [0.05, 0.1) is 11.9 Å². The van der Waals surface area contributed by atoms with Gasteiger partial charge in [0.15, 0.2) is 11.4 Å². The van der Waals surface area contributed by atoms with Gasteiger partial charge < -0.3 is 4.42 Å². The first-order valence-electron chi connectivity index (χ1n) is 10.5. The SMILES string of the molecule is O=c1[nH]c(=O)n(C2CC2)c2nc(C3CC3)nc(SCc3ncc(-c4ccc(Cl)cc4)o3)c12. The number of benzene rings is 1. The number of H-pyrrole nitrogens is 1. The summed E-state index contributed by atoms with van der Waals surface area (Å²) in [5.41, 5.74) is 0.462. The highest BCUT2D eigenvalue weighted by molar-refractivity contribution is 7.98. The molecule has 6 rings (SSSR count). The molecule has 2 saturated carbocycles.